The molecular formula is C23H19N3O4. The first kappa shape index (κ1) is 18.1. The highest BCUT2D eigenvalue weighted by Gasteiger charge is 2.22. The van der Waals surface area contributed by atoms with Crippen LogP contribution in [0.3, 0.4) is 0 Å². The van der Waals surface area contributed by atoms with E-state index in [-0.39, 0.29) is 12.7 Å². The lowest BCUT2D eigenvalue weighted by molar-refractivity contribution is 0.0694. The molecule has 0 unspecified atom stereocenters. The highest BCUT2D eigenvalue weighted by molar-refractivity contribution is 5.91. The molecule has 1 aliphatic heterocycles. The topological polar surface area (TPSA) is 69.7 Å². The quantitative estimate of drug-likeness (QED) is 0.488. The Bertz CT molecular complexity index is 1150. The normalized spacial score (nSPS) is 12.1. The van der Waals surface area contributed by atoms with Crippen LogP contribution in [0.15, 0.2) is 83.6 Å². The molecule has 0 bridgehead atoms. The van der Waals surface area contributed by atoms with Gasteiger partial charge in [0, 0.05) is 12.7 Å². The Kier molecular flexibility index (Phi) is 4.69. The zero-order chi connectivity index (χ0) is 20.3. The van der Waals surface area contributed by atoms with Gasteiger partial charge in [0.25, 0.3) is 5.91 Å². The molecule has 0 aliphatic carbocycles. The van der Waals surface area contributed by atoms with Gasteiger partial charge in [0.15, 0.2) is 17.3 Å². The fourth-order valence-electron chi connectivity index (χ4n) is 3.46. The number of fused-ring (bicyclic) bond motifs is 1. The van der Waals surface area contributed by atoms with Gasteiger partial charge in [0.05, 0.1) is 24.2 Å². The molecule has 0 atom stereocenters. The average Bonchev–Trinajstić information content (AvgIpc) is 3.54. The summed E-state index contributed by atoms with van der Waals surface area (Å²) >= 11 is 0. The van der Waals surface area contributed by atoms with Gasteiger partial charge in [-0.25, -0.2) is 4.68 Å². The number of amides is 1. The fourth-order valence-corrected chi connectivity index (χ4v) is 3.46. The van der Waals surface area contributed by atoms with Crippen LogP contribution in [0.2, 0.25) is 0 Å². The SMILES string of the molecule is O=C(c1ccco1)N(Cc1ccc2c(c1)OCO2)Cc1ccnn1-c1ccccc1. The molecule has 0 saturated heterocycles. The molecule has 3 heterocycles. The number of para-hydroxylation sites is 1. The molecule has 30 heavy (non-hydrogen) atoms. The number of ether oxygens (including phenoxy) is 2. The lowest BCUT2D eigenvalue weighted by atomic mass is 10.1. The second kappa shape index (κ2) is 7.79. The second-order valence-electron chi connectivity index (χ2n) is 6.90. The monoisotopic (exact) mass is 401 g/mol. The van der Waals surface area contributed by atoms with Gasteiger partial charge < -0.3 is 18.8 Å². The Hall–Kier alpha value is -4.00. The number of carbonyl (C=O) groups is 1. The van der Waals surface area contributed by atoms with Gasteiger partial charge >= 0.3 is 0 Å². The van der Waals surface area contributed by atoms with Crippen LogP contribution in [0.1, 0.15) is 21.8 Å². The van der Waals surface area contributed by atoms with E-state index in [9.17, 15) is 4.79 Å². The number of nitrogens with zero attached hydrogens (tertiary/aromatic N) is 3. The lowest BCUT2D eigenvalue weighted by Crippen LogP contribution is -2.30. The molecule has 7 heteroatoms. The molecule has 0 saturated carbocycles. The number of carbonyl (C=O) groups excluding carboxylic acids is 1. The molecule has 150 valence electrons. The first-order valence-corrected chi connectivity index (χ1v) is 9.57. The van der Waals surface area contributed by atoms with Gasteiger partial charge in [0.2, 0.25) is 6.79 Å². The summed E-state index contributed by atoms with van der Waals surface area (Å²) in [5, 5.41) is 4.43. The number of furan rings is 1. The van der Waals surface area contributed by atoms with Gasteiger partial charge in [-0.2, -0.15) is 5.10 Å². The van der Waals surface area contributed by atoms with Crippen LogP contribution in [0.25, 0.3) is 5.69 Å². The second-order valence-corrected chi connectivity index (χ2v) is 6.90. The molecule has 7 nitrogen and oxygen atoms in total. The maximum Gasteiger partial charge on any atom is 0.290 e. The summed E-state index contributed by atoms with van der Waals surface area (Å²) in [6, 6.07) is 20.8. The van der Waals surface area contributed by atoms with Crippen molar-refractivity contribution in [3.8, 4) is 17.2 Å². The third-order valence-corrected chi connectivity index (χ3v) is 4.90. The van der Waals surface area contributed by atoms with Crippen LogP contribution >= 0.6 is 0 Å². The average molecular weight is 401 g/mol. The predicted molar refractivity (Wildman–Crippen MR) is 108 cm³/mol. The third-order valence-electron chi connectivity index (χ3n) is 4.90. The third kappa shape index (κ3) is 3.53. The van der Waals surface area contributed by atoms with Crippen molar-refractivity contribution in [3.63, 3.8) is 0 Å². The van der Waals surface area contributed by atoms with Crippen LogP contribution in [-0.2, 0) is 13.1 Å². The van der Waals surface area contributed by atoms with Crippen molar-refractivity contribution in [1.82, 2.24) is 14.7 Å². The van der Waals surface area contributed by atoms with Crippen LogP contribution in [0, 0.1) is 0 Å². The zero-order valence-corrected chi connectivity index (χ0v) is 16.1. The molecule has 4 aromatic rings. The van der Waals surface area contributed by atoms with Crippen molar-refractivity contribution in [3.05, 3.63) is 96.2 Å². The minimum absolute atomic E-state index is 0.196. The molecule has 1 aliphatic rings. The van der Waals surface area contributed by atoms with E-state index in [0.29, 0.717) is 30.3 Å². The van der Waals surface area contributed by atoms with Crippen molar-refractivity contribution in [2.24, 2.45) is 0 Å². The Labute approximate surface area is 173 Å². The van der Waals surface area contributed by atoms with E-state index >= 15 is 0 Å². The van der Waals surface area contributed by atoms with Crippen LogP contribution in [0.4, 0.5) is 0 Å². The highest BCUT2D eigenvalue weighted by Crippen LogP contribution is 2.33. The zero-order valence-electron chi connectivity index (χ0n) is 16.1. The minimum atomic E-state index is -0.196. The number of rotatable bonds is 6. The highest BCUT2D eigenvalue weighted by atomic mass is 16.7. The molecular weight excluding hydrogens is 382 g/mol. The molecule has 2 aromatic heterocycles. The van der Waals surface area contributed by atoms with Crippen molar-refractivity contribution in [1.29, 1.82) is 0 Å². The molecule has 0 fully saturated rings. The first-order chi connectivity index (χ1) is 14.8. The van der Waals surface area contributed by atoms with Crippen LogP contribution in [0.5, 0.6) is 11.5 Å². The summed E-state index contributed by atoms with van der Waals surface area (Å²) in [6.07, 6.45) is 3.23. The van der Waals surface area contributed by atoms with E-state index in [4.69, 9.17) is 13.9 Å². The van der Waals surface area contributed by atoms with E-state index < -0.39 is 0 Å². The molecule has 1 amide bonds. The maximum absolute atomic E-state index is 13.2. The summed E-state index contributed by atoms with van der Waals surface area (Å²) in [6.45, 7) is 0.961. The largest absolute Gasteiger partial charge is 0.459 e. The summed E-state index contributed by atoms with van der Waals surface area (Å²) in [5.41, 5.74) is 2.76. The summed E-state index contributed by atoms with van der Waals surface area (Å²) in [5.74, 6) is 1.50. The molecule has 0 N–H and O–H groups in total. The van der Waals surface area contributed by atoms with Crippen molar-refractivity contribution < 1.29 is 18.7 Å². The smallest absolute Gasteiger partial charge is 0.290 e. The van der Waals surface area contributed by atoms with E-state index in [1.54, 1.807) is 23.2 Å². The lowest BCUT2D eigenvalue weighted by Gasteiger charge is -2.22. The van der Waals surface area contributed by atoms with E-state index in [2.05, 4.69) is 5.10 Å². The Morgan fingerprint density at radius 3 is 2.67 bits per heavy atom. The number of hydrogen-bond acceptors (Lipinski definition) is 5. The Morgan fingerprint density at radius 1 is 0.967 bits per heavy atom. The van der Waals surface area contributed by atoms with Crippen molar-refractivity contribution >= 4 is 5.91 Å². The number of hydrogen-bond donors (Lipinski definition) is 0. The van der Waals surface area contributed by atoms with E-state index in [1.807, 2.05) is 59.3 Å². The van der Waals surface area contributed by atoms with E-state index in [0.717, 1.165) is 16.9 Å². The van der Waals surface area contributed by atoms with Crippen LogP contribution < -0.4 is 9.47 Å². The Morgan fingerprint density at radius 2 is 1.83 bits per heavy atom. The van der Waals surface area contributed by atoms with Gasteiger partial charge in [-0.3, -0.25) is 4.79 Å². The van der Waals surface area contributed by atoms with Gasteiger partial charge in [-0.15, -0.1) is 0 Å². The minimum Gasteiger partial charge on any atom is -0.459 e. The maximum atomic E-state index is 13.2. The summed E-state index contributed by atoms with van der Waals surface area (Å²) in [4.78, 5) is 14.9. The number of benzene rings is 2. The molecule has 5 rings (SSSR count). The molecule has 0 radical (unpaired) electrons. The predicted octanol–water partition coefficient (Wildman–Crippen LogP) is 4.04. The molecule has 2 aromatic carbocycles. The van der Waals surface area contributed by atoms with Gasteiger partial charge in [-0.1, -0.05) is 24.3 Å². The van der Waals surface area contributed by atoms with Gasteiger partial charge in [0.1, 0.15) is 0 Å². The fraction of sp³-hybridized carbons (Fsp3) is 0.130. The standard InChI is InChI=1S/C23H19N3O4/c27-23(21-7-4-12-28-21)25(14-17-8-9-20-22(13-17)30-16-29-20)15-19-10-11-24-26(19)18-5-2-1-3-6-18/h1-13H,14-16H2. The van der Waals surface area contributed by atoms with Gasteiger partial charge in [-0.05, 0) is 48.0 Å². The summed E-state index contributed by atoms with van der Waals surface area (Å²) in [7, 11) is 0. The first-order valence-electron chi connectivity index (χ1n) is 9.57. The van der Waals surface area contributed by atoms with Crippen molar-refractivity contribution in [2.75, 3.05) is 6.79 Å². The Balaban J connectivity index is 1.45. The summed E-state index contributed by atoms with van der Waals surface area (Å²) < 4.78 is 18.1. The number of aromatic nitrogens is 2. The van der Waals surface area contributed by atoms with Crippen molar-refractivity contribution in [2.45, 2.75) is 13.1 Å². The molecule has 0 spiro atoms. The van der Waals surface area contributed by atoms with E-state index in [1.165, 1.54) is 6.26 Å². The van der Waals surface area contributed by atoms with Crippen LogP contribution in [-0.4, -0.2) is 27.4 Å².